The van der Waals surface area contributed by atoms with Gasteiger partial charge in [0.05, 0.1) is 6.04 Å². The highest BCUT2D eigenvalue weighted by atomic mass is 127. The largest absolute Gasteiger partial charge is 0.372 e. The molecule has 1 aliphatic rings. The Morgan fingerprint density at radius 1 is 1.06 bits per heavy atom. The number of hydrogen-bond donors (Lipinski definition) is 3. The van der Waals surface area contributed by atoms with Crippen LogP contribution in [0.25, 0.3) is 0 Å². The fourth-order valence-corrected chi connectivity index (χ4v) is 3.82. The van der Waals surface area contributed by atoms with Crippen LogP contribution in [-0.2, 0) is 6.54 Å². The van der Waals surface area contributed by atoms with E-state index in [1.54, 1.807) is 7.05 Å². The van der Waals surface area contributed by atoms with Gasteiger partial charge in [-0.1, -0.05) is 31.2 Å². The molecule has 0 bridgehead atoms. The monoisotopic (exact) mass is 563 g/mol. The van der Waals surface area contributed by atoms with Crippen LogP contribution in [0, 0.1) is 0 Å². The molecule has 1 fully saturated rings. The van der Waals surface area contributed by atoms with Crippen molar-refractivity contribution in [3.05, 3.63) is 65.2 Å². The summed E-state index contributed by atoms with van der Waals surface area (Å²) in [5.41, 5.74) is 4.32. The molecule has 2 aromatic carbocycles. The van der Waals surface area contributed by atoms with Gasteiger partial charge in [-0.25, -0.2) is 0 Å². The summed E-state index contributed by atoms with van der Waals surface area (Å²) in [5.74, 6) is 0.726. The predicted octanol–water partition coefficient (Wildman–Crippen LogP) is 4.86. The highest BCUT2D eigenvalue weighted by molar-refractivity contribution is 14.0. The average Bonchev–Trinajstić information content (AvgIpc) is 3.37. The van der Waals surface area contributed by atoms with Crippen molar-refractivity contribution in [2.45, 2.75) is 58.7 Å². The summed E-state index contributed by atoms with van der Waals surface area (Å²) in [7, 11) is 1.78. The van der Waals surface area contributed by atoms with Gasteiger partial charge in [0.25, 0.3) is 5.91 Å². The van der Waals surface area contributed by atoms with E-state index < -0.39 is 0 Å². The standard InChI is InChI=1S/C26H37N5O.HI/c1-5-19(2)29-25(32)22-13-11-21(12-14-22)18-28-26(27-4)30-20(3)23-9-8-10-24(17-23)31-15-6-7-16-31;/h8-14,17,19-20H,5-7,15-16,18H2,1-4H3,(H,29,32)(H2,27,28,30);1H. The molecular formula is C26H38IN5O. The third kappa shape index (κ3) is 7.91. The van der Waals surface area contributed by atoms with Crippen molar-refractivity contribution in [1.82, 2.24) is 16.0 Å². The molecule has 1 aliphatic heterocycles. The molecule has 0 spiro atoms. The summed E-state index contributed by atoms with van der Waals surface area (Å²) >= 11 is 0. The predicted molar refractivity (Wildman–Crippen MR) is 149 cm³/mol. The van der Waals surface area contributed by atoms with Crippen molar-refractivity contribution in [3.8, 4) is 0 Å². The second-order valence-corrected chi connectivity index (χ2v) is 8.56. The van der Waals surface area contributed by atoms with E-state index in [2.05, 4.69) is 64.0 Å². The van der Waals surface area contributed by atoms with Crippen LogP contribution >= 0.6 is 24.0 Å². The second kappa shape index (κ2) is 13.4. The lowest BCUT2D eigenvalue weighted by atomic mass is 10.1. The van der Waals surface area contributed by atoms with Gasteiger partial charge in [-0.15, -0.1) is 24.0 Å². The Kier molecular flexibility index (Phi) is 11.0. The summed E-state index contributed by atoms with van der Waals surface area (Å²) in [6, 6.07) is 16.8. The number of hydrogen-bond acceptors (Lipinski definition) is 3. The lowest BCUT2D eigenvalue weighted by Crippen LogP contribution is -2.38. The fraction of sp³-hybridized carbons (Fsp3) is 0.462. The van der Waals surface area contributed by atoms with Crippen molar-refractivity contribution in [3.63, 3.8) is 0 Å². The van der Waals surface area contributed by atoms with E-state index >= 15 is 0 Å². The van der Waals surface area contributed by atoms with E-state index in [1.165, 1.54) is 24.1 Å². The molecule has 0 radical (unpaired) electrons. The van der Waals surface area contributed by atoms with Crippen LogP contribution in [0.4, 0.5) is 5.69 Å². The zero-order valence-electron chi connectivity index (χ0n) is 20.2. The zero-order chi connectivity index (χ0) is 22.9. The number of rotatable bonds is 8. The van der Waals surface area contributed by atoms with Crippen molar-refractivity contribution in [1.29, 1.82) is 0 Å². The van der Waals surface area contributed by atoms with E-state index in [9.17, 15) is 4.79 Å². The fourth-order valence-electron chi connectivity index (χ4n) is 3.82. The summed E-state index contributed by atoms with van der Waals surface area (Å²) in [6.07, 6.45) is 3.47. The number of carbonyl (C=O) groups excluding carboxylic acids is 1. The van der Waals surface area contributed by atoms with Crippen LogP contribution in [-0.4, -0.2) is 38.0 Å². The van der Waals surface area contributed by atoms with Gasteiger partial charge in [0.1, 0.15) is 0 Å². The highest BCUT2D eigenvalue weighted by Gasteiger charge is 2.14. The van der Waals surface area contributed by atoms with Gasteiger partial charge in [0.15, 0.2) is 5.96 Å². The molecule has 0 aliphatic carbocycles. The molecule has 0 aromatic heterocycles. The summed E-state index contributed by atoms with van der Waals surface area (Å²) < 4.78 is 0. The van der Waals surface area contributed by atoms with E-state index in [-0.39, 0.29) is 42.0 Å². The van der Waals surface area contributed by atoms with Gasteiger partial charge in [0, 0.05) is 44.0 Å². The third-order valence-electron chi connectivity index (χ3n) is 6.08. The molecule has 180 valence electrons. The number of nitrogens with zero attached hydrogens (tertiary/aromatic N) is 2. The first-order valence-electron chi connectivity index (χ1n) is 11.7. The van der Waals surface area contributed by atoms with E-state index in [4.69, 9.17) is 0 Å². The molecule has 1 saturated heterocycles. The Morgan fingerprint density at radius 3 is 2.39 bits per heavy atom. The Labute approximate surface area is 215 Å². The van der Waals surface area contributed by atoms with Gasteiger partial charge >= 0.3 is 0 Å². The van der Waals surface area contributed by atoms with Crippen LogP contribution in [0.2, 0.25) is 0 Å². The molecular weight excluding hydrogens is 525 g/mol. The number of benzene rings is 2. The third-order valence-corrected chi connectivity index (χ3v) is 6.08. The lowest BCUT2D eigenvalue weighted by Gasteiger charge is -2.22. The van der Waals surface area contributed by atoms with Crippen molar-refractivity contribution < 1.29 is 4.79 Å². The van der Waals surface area contributed by atoms with Crippen LogP contribution in [0.1, 0.15) is 67.6 Å². The van der Waals surface area contributed by atoms with Gasteiger partial charge in [0.2, 0.25) is 0 Å². The van der Waals surface area contributed by atoms with Crippen molar-refractivity contribution in [2.24, 2.45) is 4.99 Å². The smallest absolute Gasteiger partial charge is 0.251 e. The first kappa shape index (κ1) is 27.0. The van der Waals surface area contributed by atoms with E-state index in [1.807, 2.05) is 31.2 Å². The Bertz CT molecular complexity index is 909. The zero-order valence-corrected chi connectivity index (χ0v) is 22.6. The molecule has 1 amide bonds. The van der Waals surface area contributed by atoms with Gasteiger partial charge in [-0.3, -0.25) is 9.79 Å². The molecule has 7 heteroatoms. The first-order chi connectivity index (χ1) is 15.5. The summed E-state index contributed by atoms with van der Waals surface area (Å²) in [6.45, 7) is 9.15. The highest BCUT2D eigenvalue weighted by Crippen LogP contribution is 2.24. The second-order valence-electron chi connectivity index (χ2n) is 8.56. The molecule has 3 rings (SSSR count). The number of guanidine groups is 1. The number of halogens is 1. The Balaban J connectivity index is 0.00000385. The summed E-state index contributed by atoms with van der Waals surface area (Å²) in [4.78, 5) is 19.1. The molecule has 2 unspecified atom stereocenters. The summed E-state index contributed by atoms with van der Waals surface area (Å²) in [5, 5.41) is 9.86. The number of aliphatic imine (C=N–C) groups is 1. The van der Waals surface area contributed by atoms with E-state index in [0.29, 0.717) is 12.1 Å². The average molecular weight is 564 g/mol. The molecule has 2 aromatic rings. The van der Waals surface area contributed by atoms with Crippen LogP contribution < -0.4 is 20.9 Å². The van der Waals surface area contributed by atoms with Crippen LogP contribution in [0.3, 0.4) is 0 Å². The maximum absolute atomic E-state index is 12.2. The molecule has 1 heterocycles. The number of anilines is 1. The number of carbonyl (C=O) groups is 1. The SMILES string of the molecule is CCC(C)NC(=O)c1ccc(CNC(=NC)NC(C)c2cccc(N3CCCC3)c2)cc1.I. The molecule has 6 nitrogen and oxygen atoms in total. The maximum atomic E-state index is 12.2. The van der Waals surface area contributed by atoms with Gasteiger partial charge in [-0.2, -0.15) is 0 Å². The first-order valence-corrected chi connectivity index (χ1v) is 11.7. The van der Waals surface area contributed by atoms with E-state index in [0.717, 1.165) is 31.0 Å². The minimum Gasteiger partial charge on any atom is -0.372 e. The molecule has 0 saturated carbocycles. The quantitative estimate of drug-likeness (QED) is 0.244. The number of amides is 1. The van der Waals surface area contributed by atoms with Crippen LogP contribution in [0.5, 0.6) is 0 Å². The van der Waals surface area contributed by atoms with Gasteiger partial charge < -0.3 is 20.9 Å². The minimum absolute atomic E-state index is 0. The van der Waals surface area contributed by atoms with Gasteiger partial charge in [-0.05, 0) is 68.5 Å². The number of nitrogens with one attached hydrogen (secondary N) is 3. The lowest BCUT2D eigenvalue weighted by molar-refractivity contribution is 0.0939. The molecule has 2 atom stereocenters. The van der Waals surface area contributed by atoms with Crippen molar-refractivity contribution in [2.75, 3.05) is 25.0 Å². The Hall–Kier alpha value is -2.29. The van der Waals surface area contributed by atoms with Crippen molar-refractivity contribution >= 4 is 41.5 Å². The molecule has 33 heavy (non-hydrogen) atoms. The minimum atomic E-state index is -0.0266. The Morgan fingerprint density at radius 2 is 1.76 bits per heavy atom. The maximum Gasteiger partial charge on any atom is 0.251 e. The topological polar surface area (TPSA) is 68.8 Å². The normalized spacial score (nSPS) is 15.4. The molecule has 3 N–H and O–H groups in total. The van der Waals surface area contributed by atoms with Crippen LogP contribution in [0.15, 0.2) is 53.5 Å².